The van der Waals surface area contributed by atoms with Crippen LogP contribution in [0.4, 0.5) is 0 Å². The minimum atomic E-state index is -0.787. The van der Waals surface area contributed by atoms with Gasteiger partial charge in [0.15, 0.2) is 0 Å². The van der Waals surface area contributed by atoms with Gasteiger partial charge in [0, 0.05) is 11.1 Å². The van der Waals surface area contributed by atoms with Crippen LogP contribution in [0, 0.1) is 0 Å². The van der Waals surface area contributed by atoms with Crippen molar-refractivity contribution in [3.05, 3.63) is 121 Å². The molecule has 0 spiro atoms. The highest BCUT2D eigenvalue weighted by atomic mass is 31.1. The van der Waals surface area contributed by atoms with Crippen molar-refractivity contribution in [1.82, 2.24) is 5.32 Å². The first-order valence-corrected chi connectivity index (χ1v) is 12.4. The second-order valence-corrected chi connectivity index (χ2v) is 9.89. The van der Waals surface area contributed by atoms with Gasteiger partial charge in [-0.15, -0.1) is 0 Å². The average molecular weight is 450 g/mol. The number of fused-ring (bicyclic) bond motifs is 1. The zero-order valence-electron chi connectivity index (χ0n) is 18.9. The molecule has 0 aromatic heterocycles. The molecule has 0 aliphatic rings. The Morgan fingerprint density at radius 2 is 1.09 bits per heavy atom. The predicted molar refractivity (Wildman–Crippen MR) is 145 cm³/mol. The predicted octanol–water partition coefficient (Wildman–Crippen LogP) is 5.81. The van der Waals surface area contributed by atoms with E-state index < -0.39 is 7.92 Å². The van der Waals surface area contributed by atoms with E-state index in [9.17, 15) is 5.11 Å². The van der Waals surface area contributed by atoms with Crippen LogP contribution in [0.5, 0.6) is 5.75 Å². The third-order valence-corrected chi connectivity index (χ3v) is 7.83. The number of benzene rings is 5. The van der Waals surface area contributed by atoms with Crippen LogP contribution in [0.2, 0.25) is 0 Å². The van der Waals surface area contributed by atoms with Crippen molar-refractivity contribution in [2.45, 2.75) is 0 Å². The highest BCUT2D eigenvalue weighted by molar-refractivity contribution is 7.80. The highest BCUT2D eigenvalue weighted by Gasteiger charge is 2.22. The molecule has 0 fully saturated rings. The van der Waals surface area contributed by atoms with E-state index in [1.165, 1.54) is 21.3 Å². The molecule has 3 heteroatoms. The van der Waals surface area contributed by atoms with Crippen molar-refractivity contribution in [3.8, 4) is 16.9 Å². The van der Waals surface area contributed by atoms with Crippen molar-refractivity contribution in [2.75, 3.05) is 14.1 Å². The smallest absolute Gasteiger partial charge is 0.123 e. The number of phenolic OH excluding ortho intramolecular Hbond substituents is 1. The summed E-state index contributed by atoms with van der Waals surface area (Å²) in [5, 5.41) is 19.7. The molecule has 0 saturated heterocycles. The Morgan fingerprint density at radius 1 is 0.576 bits per heavy atom. The van der Waals surface area contributed by atoms with Crippen molar-refractivity contribution < 1.29 is 5.11 Å². The van der Waals surface area contributed by atoms with Crippen LogP contribution in [0.25, 0.3) is 21.9 Å². The number of phenols is 1. The molecule has 0 heterocycles. The van der Waals surface area contributed by atoms with Gasteiger partial charge in [0.1, 0.15) is 5.75 Å². The SMILES string of the molecule is CNC.Oc1ccccc1-c1c(P(c2ccccc2)c2ccccc2)ccc2ccccc12. The number of hydrogen-bond donors (Lipinski definition) is 2. The minimum Gasteiger partial charge on any atom is -0.507 e. The molecular formula is C30H28NOP. The lowest BCUT2D eigenvalue weighted by Gasteiger charge is -2.24. The molecule has 0 bridgehead atoms. The number of hydrogen-bond acceptors (Lipinski definition) is 2. The summed E-state index contributed by atoms with van der Waals surface area (Å²) in [7, 11) is 2.96. The number of nitrogens with one attached hydrogen (secondary N) is 1. The van der Waals surface area contributed by atoms with Crippen LogP contribution < -0.4 is 21.2 Å². The Kier molecular flexibility index (Phi) is 7.52. The van der Waals surface area contributed by atoms with E-state index in [2.05, 4.69) is 102 Å². The monoisotopic (exact) mass is 449 g/mol. The third kappa shape index (κ3) is 4.98. The molecule has 0 unspecified atom stereocenters. The Labute approximate surface area is 197 Å². The van der Waals surface area contributed by atoms with Gasteiger partial charge in [-0.1, -0.05) is 115 Å². The molecule has 0 amide bonds. The molecular weight excluding hydrogens is 421 g/mol. The van der Waals surface area contributed by atoms with Crippen LogP contribution in [0.15, 0.2) is 121 Å². The van der Waals surface area contributed by atoms with Crippen LogP contribution in [0.1, 0.15) is 0 Å². The Hall–Kier alpha value is -3.45. The highest BCUT2D eigenvalue weighted by Crippen LogP contribution is 2.42. The quantitative estimate of drug-likeness (QED) is 0.340. The lowest BCUT2D eigenvalue weighted by atomic mass is 9.97. The van der Waals surface area contributed by atoms with Crippen LogP contribution in [0.3, 0.4) is 0 Å². The van der Waals surface area contributed by atoms with Crippen molar-refractivity contribution >= 4 is 34.6 Å². The fraction of sp³-hybridized carbons (Fsp3) is 0.0667. The number of aromatic hydroxyl groups is 1. The zero-order chi connectivity index (χ0) is 23.0. The molecule has 5 rings (SSSR count). The molecule has 0 aliphatic carbocycles. The maximum atomic E-state index is 10.8. The van der Waals surface area contributed by atoms with Gasteiger partial charge < -0.3 is 10.4 Å². The molecule has 2 N–H and O–H groups in total. The van der Waals surface area contributed by atoms with E-state index >= 15 is 0 Å². The molecule has 5 aromatic carbocycles. The van der Waals surface area contributed by atoms with E-state index in [4.69, 9.17) is 0 Å². The summed E-state index contributed by atoms with van der Waals surface area (Å²) >= 11 is 0. The van der Waals surface area contributed by atoms with Gasteiger partial charge in [-0.25, -0.2) is 0 Å². The molecule has 33 heavy (non-hydrogen) atoms. The first kappa shape index (κ1) is 22.7. The maximum Gasteiger partial charge on any atom is 0.123 e. The summed E-state index contributed by atoms with van der Waals surface area (Å²) in [6.07, 6.45) is 0. The molecule has 0 radical (unpaired) electrons. The van der Waals surface area contributed by atoms with E-state index in [-0.39, 0.29) is 0 Å². The average Bonchev–Trinajstić information content (AvgIpc) is 2.86. The van der Waals surface area contributed by atoms with E-state index in [0.717, 1.165) is 16.5 Å². The van der Waals surface area contributed by atoms with E-state index in [1.807, 2.05) is 32.3 Å². The topological polar surface area (TPSA) is 32.3 Å². The second kappa shape index (κ2) is 10.9. The third-order valence-electron chi connectivity index (χ3n) is 5.35. The fourth-order valence-corrected chi connectivity index (χ4v) is 6.48. The first-order valence-electron chi connectivity index (χ1n) is 11.0. The minimum absolute atomic E-state index is 0.311. The van der Waals surface area contributed by atoms with Gasteiger partial charge in [-0.05, 0) is 54.8 Å². The molecule has 0 aliphatic heterocycles. The molecule has 5 aromatic rings. The fourth-order valence-electron chi connectivity index (χ4n) is 4.00. The second-order valence-electron chi connectivity index (χ2n) is 7.70. The Balaban J connectivity index is 0.000000821. The summed E-state index contributed by atoms with van der Waals surface area (Å²) in [6.45, 7) is 0. The largest absolute Gasteiger partial charge is 0.507 e. The molecule has 0 saturated carbocycles. The summed E-state index contributed by atoms with van der Waals surface area (Å²) in [4.78, 5) is 0. The maximum absolute atomic E-state index is 10.8. The van der Waals surface area contributed by atoms with E-state index in [1.54, 1.807) is 6.07 Å². The van der Waals surface area contributed by atoms with E-state index in [0.29, 0.717) is 5.75 Å². The molecule has 0 atom stereocenters. The normalized spacial score (nSPS) is 10.6. The van der Waals surface area contributed by atoms with Gasteiger partial charge in [0.05, 0.1) is 0 Å². The van der Waals surface area contributed by atoms with Crippen molar-refractivity contribution in [2.24, 2.45) is 0 Å². The standard InChI is InChI=1S/C28H21OP.C2H7N/c29-26-18-10-9-17-25(26)28-24-16-8-7-11-21(24)19-20-27(28)30(22-12-3-1-4-13-22)23-14-5-2-6-15-23;1-3-2/h1-20,29H;3H,1-2H3. The summed E-state index contributed by atoms with van der Waals surface area (Å²) in [6, 6.07) is 41.9. The Morgan fingerprint density at radius 3 is 1.70 bits per heavy atom. The summed E-state index contributed by atoms with van der Waals surface area (Å²) < 4.78 is 0. The molecule has 2 nitrogen and oxygen atoms in total. The van der Waals surface area contributed by atoms with Crippen molar-refractivity contribution in [1.29, 1.82) is 0 Å². The van der Waals surface area contributed by atoms with Gasteiger partial charge in [0.25, 0.3) is 0 Å². The van der Waals surface area contributed by atoms with Gasteiger partial charge in [-0.2, -0.15) is 0 Å². The van der Waals surface area contributed by atoms with Crippen LogP contribution in [-0.2, 0) is 0 Å². The zero-order valence-corrected chi connectivity index (χ0v) is 19.8. The summed E-state index contributed by atoms with van der Waals surface area (Å²) in [5.74, 6) is 0.311. The van der Waals surface area contributed by atoms with Gasteiger partial charge in [-0.3, -0.25) is 0 Å². The van der Waals surface area contributed by atoms with Crippen molar-refractivity contribution in [3.63, 3.8) is 0 Å². The lowest BCUT2D eigenvalue weighted by molar-refractivity contribution is 0.477. The summed E-state index contributed by atoms with van der Waals surface area (Å²) in [5.41, 5.74) is 1.99. The first-order chi connectivity index (χ1) is 16.2. The van der Waals surface area contributed by atoms with Crippen LogP contribution >= 0.6 is 7.92 Å². The molecule has 164 valence electrons. The number of rotatable bonds is 4. The Bertz CT molecular complexity index is 1280. The van der Waals surface area contributed by atoms with Gasteiger partial charge in [0.2, 0.25) is 0 Å². The number of para-hydroxylation sites is 1. The van der Waals surface area contributed by atoms with Gasteiger partial charge >= 0.3 is 0 Å². The lowest BCUT2D eigenvalue weighted by Crippen LogP contribution is -2.22. The van der Waals surface area contributed by atoms with Crippen LogP contribution in [-0.4, -0.2) is 19.2 Å².